The van der Waals surface area contributed by atoms with Crippen LogP contribution in [0.1, 0.15) is 17.6 Å². The number of rotatable bonds is 3. The minimum Gasteiger partial charge on any atom is -0.258 e. The van der Waals surface area contributed by atoms with Crippen molar-refractivity contribution in [1.29, 1.82) is 5.26 Å². The molecule has 0 radical (unpaired) electrons. The summed E-state index contributed by atoms with van der Waals surface area (Å²) >= 11 is 0. The summed E-state index contributed by atoms with van der Waals surface area (Å²) < 4.78 is 47.6. The smallest absolute Gasteiger partial charge is 0.258 e. The van der Waals surface area contributed by atoms with E-state index < -0.39 is 42.1 Å². The molecule has 0 saturated heterocycles. The van der Waals surface area contributed by atoms with E-state index in [4.69, 9.17) is 15.9 Å². The molecule has 18 heavy (non-hydrogen) atoms. The van der Waals surface area contributed by atoms with Crippen LogP contribution in [0, 0.1) is 21.4 Å². The lowest BCUT2D eigenvalue weighted by Crippen LogP contribution is -2.05. The molecule has 1 aromatic carbocycles. The first kappa shape index (κ1) is 14.3. The van der Waals surface area contributed by atoms with Gasteiger partial charge < -0.3 is 0 Å². The fourth-order valence-corrected chi connectivity index (χ4v) is 2.61. The van der Waals surface area contributed by atoms with E-state index in [0.29, 0.717) is 12.1 Å². The lowest BCUT2D eigenvalue weighted by atomic mass is 10.1. The number of benzene rings is 1. The molecular formula is C8H3ClF2N2O4S. The molecule has 0 aromatic heterocycles. The van der Waals surface area contributed by atoms with Gasteiger partial charge >= 0.3 is 0 Å². The van der Waals surface area contributed by atoms with E-state index in [1.54, 1.807) is 0 Å². The summed E-state index contributed by atoms with van der Waals surface area (Å²) in [7, 11) is 0.222. The van der Waals surface area contributed by atoms with Crippen LogP contribution in [0.2, 0.25) is 0 Å². The van der Waals surface area contributed by atoms with Gasteiger partial charge in [0.15, 0.2) is 0 Å². The van der Waals surface area contributed by atoms with Crippen LogP contribution in [0.25, 0.3) is 0 Å². The Morgan fingerprint density at radius 3 is 2.33 bits per heavy atom. The Balaban J connectivity index is 3.87. The van der Waals surface area contributed by atoms with Gasteiger partial charge in [-0.3, -0.25) is 10.1 Å². The summed E-state index contributed by atoms with van der Waals surface area (Å²) in [4.78, 5) is 8.29. The van der Waals surface area contributed by atoms with Gasteiger partial charge in [-0.2, -0.15) is 5.26 Å². The molecule has 0 unspecified atom stereocenters. The van der Waals surface area contributed by atoms with Crippen LogP contribution in [-0.4, -0.2) is 13.3 Å². The molecule has 0 spiro atoms. The number of hydrogen-bond acceptors (Lipinski definition) is 5. The average Bonchev–Trinajstić information content (AvgIpc) is 2.25. The van der Waals surface area contributed by atoms with Gasteiger partial charge in [-0.25, -0.2) is 17.2 Å². The van der Waals surface area contributed by atoms with Crippen molar-refractivity contribution in [3.8, 4) is 6.07 Å². The highest BCUT2D eigenvalue weighted by molar-refractivity contribution is 8.13. The van der Waals surface area contributed by atoms with Crippen LogP contribution in [0.15, 0.2) is 17.0 Å². The summed E-state index contributed by atoms with van der Waals surface area (Å²) in [6, 6.07) is 2.39. The second-order valence-corrected chi connectivity index (χ2v) is 5.49. The number of nitro benzene ring substituents is 1. The van der Waals surface area contributed by atoms with Crippen LogP contribution >= 0.6 is 10.7 Å². The molecule has 1 aromatic rings. The van der Waals surface area contributed by atoms with Crippen molar-refractivity contribution in [3.63, 3.8) is 0 Å². The molecule has 96 valence electrons. The summed E-state index contributed by atoms with van der Waals surface area (Å²) in [6.07, 6.45) is -3.23. The van der Waals surface area contributed by atoms with Gasteiger partial charge in [-0.15, -0.1) is 0 Å². The van der Waals surface area contributed by atoms with E-state index in [-0.39, 0.29) is 0 Å². The van der Waals surface area contributed by atoms with Gasteiger partial charge in [-0.05, 0) is 6.07 Å². The Morgan fingerprint density at radius 1 is 1.44 bits per heavy atom. The van der Waals surface area contributed by atoms with Crippen molar-refractivity contribution in [2.45, 2.75) is 11.3 Å². The summed E-state index contributed by atoms with van der Waals surface area (Å²) in [5.74, 6) is 0. The zero-order valence-electron chi connectivity index (χ0n) is 8.30. The Hall–Kier alpha value is -1.79. The van der Waals surface area contributed by atoms with Crippen LogP contribution in [0.4, 0.5) is 14.5 Å². The van der Waals surface area contributed by atoms with E-state index in [2.05, 4.69) is 0 Å². The highest BCUT2D eigenvalue weighted by atomic mass is 35.7. The minimum atomic E-state index is -4.71. The third kappa shape index (κ3) is 2.55. The summed E-state index contributed by atoms with van der Waals surface area (Å²) in [5, 5.41) is 19.3. The molecule has 0 aliphatic carbocycles. The minimum absolute atomic E-state index is 0.554. The van der Waals surface area contributed by atoms with E-state index in [1.165, 1.54) is 6.07 Å². The number of alkyl halides is 2. The van der Waals surface area contributed by atoms with Crippen molar-refractivity contribution in [2.75, 3.05) is 0 Å². The molecule has 0 fully saturated rings. The first-order chi connectivity index (χ1) is 8.20. The Kier molecular flexibility index (Phi) is 3.83. The zero-order chi connectivity index (χ0) is 14.1. The van der Waals surface area contributed by atoms with Crippen LogP contribution in [-0.2, 0) is 9.05 Å². The lowest BCUT2D eigenvalue weighted by molar-refractivity contribution is -0.385. The van der Waals surface area contributed by atoms with E-state index in [9.17, 15) is 27.3 Å². The summed E-state index contributed by atoms with van der Waals surface area (Å²) in [5.41, 5.74) is -2.96. The Morgan fingerprint density at radius 2 is 2.00 bits per heavy atom. The molecule has 0 saturated carbocycles. The zero-order valence-corrected chi connectivity index (χ0v) is 9.87. The molecule has 10 heteroatoms. The molecule has 0 aliphatic rings. The van der Waals surface area contributed by atoms with Crippen LogP contribution in [0.3, 0.4) is 0 Å². The third-order valence-corrected chi connectivity index (χ3v) is 3.34. The molecule has 0 heterocycles. The van der Waals surface area contributed by atoms with Crippen molar-refractivity contribution in [1.82, 2.24) is 0 Å². The fourth-order valence-electron chi connectivity index (χ4n) is 1.28. The van der Waals surface area contributed by atoms with Gasteiger partial charge in [-0.1, -0.05) is 0 Å². The molecule has 0 amide bonds. The van der Waals surface area contributed by atoms with Crippen molar-refractivity contribution < 1.29 is 22.1 Å². The quantitative estimate of drug-likeness (QED) is 0.484. The van der Waals surface area contributed by atoms with Crippen LogP contribution < -0.4 is 0 Å². The molecular weight excluding hydrogens is 294 g/mol. The SMILES string of the molecule is N#Cc1c([N+](=O)[O-])ccc(C(F)F)c1S(=O)(=O)Cl. The number of nitrogens with zero attached hydrogens (tertiary/aromatic N) is 2. The maximum Gasteiger partial charge on any atom is 0.288 e. The number of nitriles is 1. The molecule has 0 bridgehead atoms. The standard InChI is InChI=1S/C8H3ClF2N2O4S/c9-18(16,17)7-4(8(10)11)1-2-6(13(14)15)5(7)3-12/h1-2,8H. The Labute approximate surface area is 104 Å². The summed E-state index contributed by atoms with van der Waals surface area (Å²) in [6.45, 7) is 0. The first-order valence-electron chi connectivity index (χ1n) is 4.14. The van der Waals surface area contributed by atoms with Gasteiger partial charge in [0, 0.05) is 22.3 Å². The molecule has 0 atom stereocenters. The van der Waals surface area contributed by atoms with Gasteiger partial charge in [0.2, 0.25) is 0 Å². The molecule has 0 aliphatic heterocycles. The van der Waals surface area contributed by atoms with Gasteiger partial charge in [0.25, 0.3) is 21.2 Å². The van der Waals surface area contributed by atoms with Crippen molar-refractivity contribution >= 4 is 25.4 Å². The van der Waals surface area contributed by atoms with E-state index in [0.717, 1.165) is 0 Å². The predicted octanol–water partition coefficient (Wildman–Crippen LogP) is 2.33. The van der Waals surface area contributed by atoms with E-state index >= 15 is 0 Å². The number of hydrogen-bond donors (Lipinski definition) is 0. The topological polar surface area (TPSA) is 101 Å². The molecule has 1 rings (SSSR count). The molecule has 0 N–H and O–H groups in total. The first-order valence-corrected chi connectivity index (χ1v) is 6.45. The third-order valence-electron chi connectivity index (χ3n) is 1.95. The highest BCUT2D eigenvalue weighted by Gasteiger charge is 2.31. The normalized spacial score (nSPS) is 11.3. The van der Waals surface area contributed by atoms with Crippen molar-refractivity contribution in [3.05, 3.63) is 33.4 Å². The van der Waals surface area contributed by atoms with Crippen molar-refractivity contribution in [2.24, 2.45) is 0 Å². The van der Waals surface area contributed by atoms with Gasteiger partial charge in [0.05, 0.1) is 4.92 Å². The number of halogens is 3. The van der Waals surface area contributed by atoms with Crippen LogP contribution in [0.5, 0.6) is 0 Å². The monoisotopic (exact) mass is 296 g/mol. The highest BCUT2D eigenvalue weighted by Crippen LogP contribution is 2.35. The number of nitro groups is 1. The molecule has 6 nitrogen and oxygen atoms in total. The van der Waals surface area contributed by atoms with E-state index in [1.807, 2.05) is 0 Å². The second-order valence-electron chi connectivity index (χ2n) is 2.99. The van der Waals surface area contributed by atoms with Gasteiger partial charge in [0.1, 0.15) is 16.5 Å². The average molecular weight is 297 g/mol. The fraction of sp³-hybridized carbons (Fsp3) is 0.125. The largest absolute Gasteiger partial charge is 0.288 e. The predicted molar refractivity (Wildman–Crippen MR) is 55.8 cm³/mol. The maximum absolute atomic E-state index is 12.6. The maximum atomic E-state index is 12.6. The Bertz CT molecular complexity index is 654. The second kappa shape index (κ2) is 4.83. The lowest BCUT2D eigenvalue weighted by Gasteiger charge is -2.07.